The van der Waals surface area contributed by atoms with E-state index in [9.17, 15) is 4.79 Å². The maximum atomic E-state index is 13.1. The van der Waals surface area contributed by atoms with Gasteiger partial charge in [0.2, 0.25) is 5.95 Å². The number of amides is 1. The fourth-order valence-corrected chi connectivity index (χ4v) is 3.67. The maximum absolute atomic E-state index is 13.1. The standard InChI is InChI=1S/C19H23ClN6O/c1-12(2)17-21-9-13-5-8-26(11-15(13)23-17)18(27)16-14(20)10-22-19(24-16)25-6-3-4-7-25/h9-10,12H,3-8,11H2,1-2H3. The fourth-order valence-electron chi connectivity index (χ4n) is 3.50. The molecule has 2 aliphatic rings. The largest absolute Gasteiger partial charge is 0.341 e. The van der Waals surface area contributed by atoms with Gasteiger partial charge in [-0.3, -0.25) is 4.79 Å². The van der Waals surface area contributed by atoms with Crippen molar-refractivity contribution < 1.29 is 4.79 Å². The number of hydrogen-bond acceptors (Lipinski definition) is 6. The molecule has 8 heteroatoms. The quantitative estimate of drug-likeness (QED) is 0.807. The zero-order valence-corrected chi connectivity index (χ0v) is 16.4. The lowest BCUT2D eigenvalue weighted by molar-refractivity contribution is 0.0725. The first-order chi connectivity index (χ1) is 13.0. The van der Waals surface area contributed by atoms with Crippen molar-refractivity contribution in [2.24, 2.45) is 0 Å². The Labute approximate surface area is 163 Å². The maximum Gasteiger partial charge on any atom is 0.274 e. The predicted octanol–water partition coefficient (Wildman–Crippen LogP) is 2.84. The topological polar surface area (TPSA) is 75.1 Å². The molecular formula is C19H23ClN6O. The highest BCUT2D eigenvalue weighted by atomic mass is 35.5. The van der Waals surface area contributed by atoms with E-state index in [-0.39, 0.29) is 17.5 Å². The molecule has 2 aromatic heterocycles. The molecule has 7 nitrogen and oxygen atoms in total. The number of nitrogens with zero attached hydrogens (tertiary/aromatic N) is 6. The average Bonchev–Trinajstić information content (AvgIpc) is 3.21. The molecule has 2 aromatic rings. The Morgan fingerprint density at radius 2 is 1.89 bits per heavy atom. The monoisotopic (exact) mass is 386 g/mol. The molecule has 0 spiro atoms. The molecule has 1 amide bonds. The van der Waals surface area contributed by atoms with Crippen LogP contribution in [0.4, 0.5) is 5.95 Å². The van der Waals surface area contributed by atoms with Crippen LogP contribution in [0.1, 0.15) is 60.2 Å². The Morgan fingerprint density at radius 1 is 1.11 bits per heavy atom. The molecule has 0 N–H and O–H groups in total. The van der Waals surface area contributed by atoms with Crippen molar-refractivity contribution in [2.75, 3.05) is 24.5 Å². The lowest BCUT2D eigenvalue weighted by Gasteiger charge is -2.28. The van der Waals surface area contributed by atoms with E-state index in [1.807, 2.05) is 6.20 Å². The van der Waals surface area contributed by atoms with Gasteiger partial charge in [0.1, 0.15) is 5.82 Å². The molecule has 0 atom stereocenters. The number of carbonyl (C=O) groups is 1. The van der Waals surface area contributed by atoms with Crippen molar-refractivity contribution in [3.05, 3.63) is 40.2 Å². The normalized spacial score (nSPS) is 16.7. The number of hydrogen-bond donors (Lipinski definition) is 0. The number of halogens is 1. The summed E-state index contributed by atoms with van der Waals surface area (Å²) in [5, 5.41) is 0.291. The van der Waals surface area contributed by atoms with Gasteiger partial charge in [0.05, 0.1) is 23.5 Å². The summed E-state index contributed by atoms with van der Waals surface area (Å²) in [6.45, 7) is 7.02. The van der Waals surface area contributed by atoms with E-state index >= 15 is 0 Å². The summed E-state index contributed by atoms with van der Waals surface area (Å²) in [6.07, 6.45) is 6.41. The smallest absolute Gasteiger partial charge is 0.274 e. The van der Waals surface area contributed by atoms with E-state index in [1.54, 1.807) is 4.90 Å². The molecule has 0 aromatic carbocycles. The van der Waals surface area contributed by atoms with Gasteiger partial charge in [-0.15, -0.1) is 0 Å². The summed E-state index contributed by atoms with van der Waals surface area (Å²) in [5.74, 6) is 1.47. The van der Waals surface area contributed by atoms with Gasteiger partial charge in [-0.25, -0.2) is 19.9 Å². The van der Waals surface area contributed by atoms with Crippen LogP contribution in [0, 0.1) is 0 Å². The minimum atomic E-state index is -0.168. The third-order valence-corrected chi connectivity index (χ3v) is 5.37. The highest BCUT2D eigenvalue weighted by Gasteiger charge is 2.27. The number of rotatable bonds is 3. The summed E-state index contributed by atoms with van der Waals surface area (Å²) < 4.78 is 0. The van der Waals surface area contributed by atoms with Gasteiger partial charge in [0, 0.05) is 31.7 Å². The lowest BCUT2D eigenvalue weighted by atomic mass is 10.1. The molecule has 0 aliphatic carbocycles. The molecule has 1 saturated heterocycles. The van der Waals surface area contributed by atoms with Gasteiger partial charge in [-0.2, -0.15) is 0 Å². The van der Waals surface area contributed by atoms with E-state index in [1.165, 1.54) is 6.20 Å². The van der Waals surface area contributed by atoms with Crippen LogP contribution in [-0.4, -0.2) is 50.4 Å². The summed E-state index contributed by atoms with van der Waals surface area (Å²) in [6, 6.07) is 0. The van der Waals surface area contributed by atoms with Crippen molar-refractivity contribution in [1.29, 1.82) is 0 Å². The molecule has 4 heterocycles. The molecule has 0 radical (unpaired) electrons. The van der Waals surface area contributed by atoms with E-state index in [0.29, 0.717) is 24.1 Å². The van der Waals surface area contributed by atoms with Crippen LogP contribution in [-0.2, 0) is 13.0 Å². The van der Waals surface area contributed by atoms with E-state index in [4.69, 9.17) is 11.6 Å². The van der Waals surface area contributed by atoms with Gasteiger partial charge in [0.25, 0.3) is 5.91 Å². The molecule has 0 saturated carbocycles. The molecule has 27 heavy (non-hydrogen) atoms. The first-order valence-corrected chi connectivity index (χ1v) is 9.82. The highest BCUT2D eigenvalue weighted by molar-refractivity contribution is 6.33. The van der Waals surface area contributed by atoms with Crippen LogP contribution < -0.4 is 4.90 Å². The van der Waals surface area contributed by atoms with Crippen molar-refractivity contribution >= 4 is 23.5 Å². The van der Waals surface area contributed by atoms with Crippen LogP contribution in [0.15, 0.2) is 12.4 Å². The molecule has 2 aliphatic heterocycles. The van der Waals surface area contributed by atoms with Crippen LogP contribution in [0.25, 0.3) is 0 Å². The molecule has 0 bridgehead atoms. The fraction of sp³-hybridized carbons (Fsp3) is 0.526. The first-order valence-electron chi connectivity index (χ1n) is 9.44. The Bertz CT molecular complexity index is 865. The van der Waals surface area contributed by atoms with Crippen molar-refractivity contribution in [1.82, 2.24) is 24.8 Å². The summed E-state index contributed by atoms with van der Waals surface area (Å²) in [4.78, 5) is 34.9. The van der Waals surface area contributed by atoms with E-state index in [0.717, 1.165) is 49.4 Å². The Hall–Kier alpha value is -2.28. The Balaban J connectivity index is 1.58. The van der Waals surface area contributed by atoms with Gasteiger partial charge in [-0.05, 0) is 24.8 Å². The van der Waals surface area contributed by atoms with Crippen molar-refractivity contribution in [3.63, 3.8) is 0 Å². The van der Waals surface area contributed by atoms with E-state index in [2.05, 4.69) is 38.7 Å². The van der Waals surface area contributed by atoms with Gasteiger partial charge < -0.3 is 9.80 Å². The van der Waals surface area contributed by atoms with Crippen LogP contribution in [0.3, 0.4) is 0 Å². The van der Waals surface area contributed by atoms with Crippen molar-refractivity contribution in [2.45, 2.75) is 45.6 Å². The van der Waals surface area contributed by atoms with Crippen LogP contribution >= 0.6 is 11.6 Å². The molecule has 142 valence electrons. The third kappa shape index (κ3) is 3.60. The van der Waals surface area contributed by atoms with E-state index < -0.39 is 0 Å². The number of aromatic nitrogens is 4. The zero-order chi connectivity index (χ0) is 19.0. The number of fused-ring (bicyclic) bond motifs is 1. The minimum Gasteiger partial charge on any atom is -0.341 e. The lowest BCUT2D eigenvalue weighted by Crippen LogP contribution is -2.37. The zero-order valence-electron chi connectivity index (χ0n) is 15.7. The van der Waals surface area contributed by atoms with Crippen LogP contribution in [0.2, 0.25) is 5.02 Å². The molecule has 4 rings (SSSR count). The second-order valence-corrected chi connectivity index (χ2v) is 7.80. The molecule has 1 fully saturated rings. The molecule has 0 unspecified atom stereocenters. The SMILES string of the molecule is CC(C)c1ncc2c(n1)CN(C(=O)c1nc(N3CCCC3)ncc1Cl)CC2. The summed E-state index contributed by atoms with van der Waals surface area (Å²) in [5.41, 5.74) is 2.29. The minimum absolute atomic E-state index is 0.168. The van der Waals surface area contributed by atoms with Crippen molar-refractivity contribution in [3.8, 4) is 0 Å². The highest BCUT2D eigenvalue weighted by Crippen LogP contribution is 2.24. The van der Waals surface area contributed by atoms with Gasteiger partial charge in [0.15, 0.2) is 5.69 Å². The van der Waals surface area contributed by atoms with Gasteiger partial charge >= 0.3 is 0 Å². The summed E-state index contributed by atoms with van der Waals surface area (Å²) >= 11 is 6.27. The average molecular weight is 387 g/mol. The first kappa shape index (κ1) is 18.1. The molecular weight excluding hydrogens is 364 g/mol. The number of carbonyl (C=O) groups excluding carboxylic acids is 1. The number of anilines is 1. The van der Waals surface area contributed by atoms with Gasteiger partial charge in [-0.1, -0.05) is 25.4 Å². The third-order valence-electron chi connectivity index (χ3n) is 5.09. The Kier molecular flexibility index (Phi) is 4.95. The second-order valence-electron chi connectivity index (χ2n) is 7.39. The second kappa shape index (κ2) is 7.38. The Morgan fingerprint density at radius 3 is 2.63 bits per heavy atom. The van der Waals surface area contributed by atoms with Crippen LogP contribution in [0.5, 0.6) is 0 Å². The predicted molar refractivity (Wildman–Crippen MR) is 103 cm³/mol. The summed E-state index contributed by atoms with van der Waals surface area (Å²) in [7, 11) is 0.